The number of fused-ring (bicyclic) bond motifs is 1. The lowest BCUT2D eigenvalue weighted by molar-refractivity contribution is 0.00578. The van der Waals surface area contributed by atoms with E-state index in [0.29, 0.717) is 22.2 Å². The van der Waals surface area contributed by atoms with Gasteiger partial charge in [-0.3, -0.25) is 4.98 Å². The van der Waals surface area contributed by atoms with Crippen molar-refractivity contribution in [3.05, 3.63) is 48.3 Å². The molecule has 7 nitrogen and oxygen atoms in total. The first-order valence-corrected chi connectivity index (χ1v) is 11.1. The molecular weight excluding hydrogens is 403 g/mol. The van der Waals surface area contributed by atoms with Gasteiger partial charge in [0.15, 0.2) is 0 Å². The van der Waals surface area contributed by atoms with Crippen LogP contribution in [0.25, 0.3) is 11.0 Å². The van der Waals surface area contributed by atoms with E-state index in [9.17, 15) is 8.42 Å². The molecule has 0 saturated carbocycles. The van der Waals surface area contributed by atoms with Gasteiger partial charge in [-0.05, 0) is 46.8 Å². The molecule has 0 N–H and O–H groups in total. The molecule has 1 fully saturated rings. The van der Waals surface area contributed by atoms with Crippen molar-refractivity contribution in [2.24, 2.45) is 0 Å². The number of ether oxygens (including phenoxy) is 1. The molecule has 0 aliphatic carbocycles. The Morgan fingerprint density at radius 2 is 1.63 bits per heavy atom. The van der Waals surface area contributed by atoms with Crippen molar-refractivity contribution in [2.45, 2.75) is 50.7 Å². The average molecular weight is 428 g/mol. The molecule has 158 valence electrons. The minimum atomic E-state index is -3.90. The van der Waals surface area contributed by atoms with Crippen molar-refractivity contribution in [1.29, 1.82) is 0 Å². The molecule has 4 rings (SSSR count). The maximum absolute atomic E-state index is 13.5. The number of nitrogens with zero attached hydrogens (tertiary/aromatic N) is 2. The smallest absolute Gasteiger partial charge is 0.494 e. The van der Waals surface area contributed by atoms with Crippen LogP contribution in [0.15, 0.2) is 47.6 Å². The molecule has 3 heterocycles. The summed E-state index contributed by atoms with van der Waals surface area (Å²) in [6.07, 6.45) is 3.11. The zero-order valence-corrected chi connectivity index (χ0v) is 18.8. The highest BCUT2D eigenvalue weighted by Crippen LogP contribution is 2.38. The van der Waals surface area contributed by atoms with Gasteiger partial charge in [0.2, 0.25) is 0 Å². The van der Waals surface area contributed by atoms with Crippen molar-refractivity contribution in [3.8, 4) is 5.75 Å². The van der Waals surface area contributed by atoms with Gasteiger partial charge in [-0.2, -0.15) is 0 Å². The third kappa shape index (κ3) is 3.12. The fraction of sp³-hybridized carbons (Fsp3) is 0.381. The van der Waals surface area contributed by atoms with Gasteiger partial charge < -0.3 is 14.0 Å². The van der Waals surface area contributed by atoms with Crippen LogP contribution >= 0.6 is 0 Å². The Kier molecular flexibility index (Phi) is 4.76. The van der Waals surface area contributed by atoms with Gasteiger partial charge in [0.25, 0.3) is 10.0 Å². The van der Waals surface area contributed by atoms with Crippen LogP contribution in [0.3, 0.4) is 0 Å². The molecule has 0 spiro atoms. The van der Waals surface area contributed by atoms with Gasteiger partial charge in [0.05, 0.1) is 28.7 Å². The van der Waals surface area contributed by atoms with Crippen LogP contribution in [0.4, 0.5) is 0 Å². The second-order valence-electron chi connectivity index (χ2n) is 8.50. The number of aromatic nitrogens is 2. The first kappa shape index (κ1) is 20.9. The Hall–Kier alpha value is -2.36. The molecule has 1 aliphatic rings. The molecule has 0 radical (unpaired) electrons. The number of pyridine rings is 1. The quantitative estimate of drug-likeness (QED) is 0.595. The summed E-state index contributed by atoms with van der Waals surface area (Å²) in [6.45, 7) is 9.70. The van der Waals surface area contributed by atoms with E-state index in [-0.39, 0.29) is 4.90 Å². The van der Waals surface area contributed by atoms with E-state index in [4.69, 9.17) is 14.0 Å². The summed E-state index contributed by atoms with van der Waals surface area (Å²) in [4.78, 5) is 4.62. The fourth-order valence-corrected chi connectivity index (χ4v) is 4.81. The highest BCUT2D eigenvalue weighted by Gasteiger charge is 2.53. The SMILES string of the molecule is COc1ccnc2c(B3OC(C)(C)C(C)(C)O3)cn(S(=O)(=O)c3ccc(C)cc3)c12. The number of rotatable bonds is 4. The summed E-state index contributed by atoms with van der Waals surface area (Å²) in [7, 11) is -3.15. The molecule has 30 heavy (non-hydrogen) atoms. The first-order chi connectivity index (χ1) is 14.0. The summed E-state index contributed by atoms with van der Waals surface area (Å²) in [5.74, 6) is 0.401. The number of aryl methyl sites for hydroxylation is 1. The Bertz CT molecular complexity index is 1200. The van der Waals surface area contributed by atoms with Gasteiger partial charge >= 0.3 is 7.12 Å². The number of hydrogen-bond acceptors (Lipinski definition) is 6. The van der Waals surface area contributed by atoms with Crippen LogP contribution in [0.2, 0.25) is 0 Å². The Morgan fingerprint density at radius 1 is 1.03 bits per heavy atom. The lowest BCUT2D eigenvalue weighted by Crippen LogP contribution is -2.41. The third-order valence-corrected chi connectivity index (χ3v) is 7.62. The topological polar surface area (TPSA) is 79.7 Å². The minimum Gasteiger partial charge on any atom is -0.494 e. The molecule has 0 atom stereocenters. The normalized spacial score (nSPS) is 18.1. The van der Waals surface area contributed by atoms with Crippen molar-refractivity contribution in [1.82, 2.24) is 8.96 Å². The molecule has 1 aliphatic heterocycles. The zero-order chi connectivity index (χ0) is 21.9. The monoisotopic (exact) mass is 428 g/mol. The predicted molar refractivity (Wildman–Crippen MR) is 116 cm³/mol. The standard InChI is InChI=1S/C21H25BN2O5S/c1-14-7-9-15(10-8-14)30(25,26)24-13-16(18-19(24)17(27-6)11-12-23-18)22-28-20(2,3)21(4,5)29-22/h7-13H,1-6H3. The second kappa shape index (κ2) is 6.83. The molecule has 2 aromatic heterocycles. The number of hydrogen-bond donors (Lipinski definition) is 0. The molecule has 0 amide bonds. The van der Waals surface area contributed by atoms with Crippen LogP contribution in [0.5, 0.6) is 5.75 Å². The molecule has 9 heteroatoms. The molecule has 0 unspecified atom stereocenters. The van der Waals surface area contributed by atoms with Crippen LogP contribution in [0.1, 0.15) is 33.3 Å². The summed E-state index contributed by atoms with van der Waals surface area (Å²) < 4.78 is 46.0. The molecule has 0 bridgehead atoms. The molecule has 1 aromatic carbocycles. The lowest BCUT2D eigenvalue weighted by Gasteiger charge is -2.32. The molecular formula is C21H25BN2O5S. The summed E-state index contributed by atoms with van der Waals surface area (Å²) in [5.41, 5.74) is 1.19. The Balaban J connectivity index is 1.95. The van der Waals surface area contributed by atoms with E-state index in [1.165, 1.54) is 17.3 Å². The summed E-state index contributed by atoms with van der Waals surface area (Å²) >= 11 is 0. The lowest BCUT2D eigenvalue weighted by atomic mass is 9.80. The largest absolute Gasteiger partial charge is 0.498 e. The van der Waals surface area contributed by atoms with Crippen molar-refractivity contribution in [3.63, 3.8) is 0 Å². The van der Waals surface area contributed by atoms with Crippen LogP contribution in [-0.2, 0) is 19.3 Å². The number of benzene rings is 1. The van der Waals surface area contributed by atoms with Crippen LogP contribution in [0, 0.1) is 6.92 Å². The summed E-state index contributed by atoms with van der Waals surface area (Å²) in [5, 5.41) is 0. The van der Waals surface area contributed by atoms with Gasteiger partial charge in [-0.15, -0.1) is 0 Å². The summed E-state index contributed by atoms with van der Waals surface area (Å²) in [6, 6.07) is 8.35. The van der Waals surface area contributed by atoms with Gasteiger partial charge in [-0.25, -0.2) is 12.4 Å². The molecule has 1 saturated heterocycles. The van der Waals surface area contributed by atoms with E-state index >= 15 is 0 Å². The maximum Gasteiger partial charge on any atom is 0.498 e. The van der Waals surface area contributed by atoms with Crippen molar-refractivity contribution in [2.75, 3.05) is 7.11 Å². The highest BCUT2D eigenvalue weighted by atomic mass is 32.2. The third-order valence-electron chi connectivity index (χ3n) is 5.94. The maximum atomic E-state index is 13.5. The van der Waals surface area contributed by atoms with E-state index in [1.807, 2.05) is 34.6 Å². The molecule has 3 aromatic rings. The van der Waals surface area contributed by atoms with E-state index in [0.717, 1.165) is 5.56 Å². The van der Waals surface area contributed by atoms with Crippen LogP contribution in [-0.4, -0.2) is 42.8 Å². The minimum absolute atomic E-state index is 0.177. The Labute approximate surface area is 177 Å². The van der Waals surface area contributed by atoms with E-state index in [1.54, 1.807) is 36.5 Å². The van der Waals surface area contributed by atoms with E-state index < -0.39 is 28.3 Å². The van der Waals surface area contributed by atoms with Crippen LogP contribution < -0.4 is 10.2 Å². The fourth-order valence-electron chi connectivity index (χ4n) is 3.43. The average Bonchev–Trinajstić information content (AvgIpc) is 3.17. The van der Waals surface area contributed by atoms with Crippen molar-refractivity contribution < 1.29 is 22.5 Å². The second-order valence-corrected chi connectivity index (χ2v) is 10.3. The van der Waals surface area contributed by atoms with E-state index in [2.05, 4.69) is 4.98 Å². The highest BCUT2D eigenvalue weighted by molar-refractivity contribution is 7.90. The predicted octanol–water partition coefficient (Wildman–Crippen LogP) is 2.89. The zero-order valence-electron chi connectivity index (χ0n) is 18.0. The Morgan fingerprint density at radius 3 is 2.20 bits per heavy atom. The number of methoxy groups -OCH3 is 1. The first-order valence-electron chi connectivity index (χ1n) is 9.70. The van der Waals surface area contributed by atoms with Gasteiger partial charge in [0.1, 0.15) is 11.3 Å². The van der Waals surface area contributed by atoms with Crippen molar-refractivity contribution >= 4 is 33.6 Å². The van der Waals surface area contributed by atoms with Gasteiger partial charge in [0, 0.05) is 23.9 Å². The van der Waals surface area contributed by atoms with Gasteiger partial charge in [-0.1, -0.05) is 17.7 Å².